The molecule has 2 N–H and O–H groups in total. The second kappa shape index (κ2) is 11.3. The van der Waals surface area contributed by atoms with E-state index in [4.69, 9.17) is 9.47 Å². The molecule has 0 aliphatic heterocycles. The lowest BCUT2D eigenvalue weighted by Gasteiger charge is -2.24. The van der Waals surface area contributed by atoms with Gasteiger partial charge in [-0.15, -0.1) is 0 Å². The largest absolute Gasteiger partial charge is 0.490 e. The fraction of sp³-hybridized carbons (Fsp3) is 0.500. The maximum Gasteiger partial charge on any atom is 0.387 e. The summed E-state index contributed by atoms with van der Waals surface area (Å²) >= 11 is 0. The fourth-order valence-corrected chi connectivity index (χ4v) is 3.00. The van der Waals surface area contributed by atoms with Crippen LogP contribution < -0.4 is 20.1 Å². The van der Waals surface area contributed by atoms with Crippen molar-refractivity contribution in [1.82, 2.24) is 25.3 Å². The zero-order valence-electron chi connectivity index (χ0n) is 18.0. The summed E-state index contributed by atoms with van der Waals surface area (Å²) in [4.78, 5) is 6.30. The van der Waals surface area contributed by atoms with Gasteiger partial charge < -0.3 is 25.0 Å². The number of aryl methyl sites for hydroxylation is 1. The number of hydrogen-bond donors (Lipinski definition) is 2. The van der Waals surface area contributed by atoms with Crippen molar-refractivity contribution in [2.45, 2.75) is 26.1 Å². The summed E-state index contributed by atoms with van der Waals surface area (Å²) in [5.74, 6) is 0.846. The fourth-order valence-electron chi connectivity index (χ4n) is 3.00. The first-order valence-electron chi connectivity index (χ1n) is 9.64. The topological polar surface area (TPSA) is 75.9 Å². The number of hydrogen-bond acceptors (Lipinski definition) is 5. The molecule has 2 aromatic rings. The molecule has 0 aliphatic rings. The first-order chi connectivity index (χ1) is 14.3. The number of halogens is 2. The Balaban J connectivity index is 2.05. The number of benzene rings is 1. The number of likely N-dealkylation sites (N-methyl/N-ethyl adjacent to an activating group) is 1. The average molecular weight is 424 g/mol. The van der Waals surface area contributed by atoms with Crippen LogP contribution in [0.3, 0.4) is 0 Å². The van der Waals surface area contributed by atoms with Crippen LogP contribution in [0.4, 0.5) is 8.78 Å². The summed E-state index contributed by atoms with van der Waals surface area (Å²) < 4.78 is 37.7. The number of aromatic nitrogens is 2. The van der Waals surface area contributed by atoms with Crippen molar-refractivity contribution in [1.29, 1.82) is 0 Å². The highest BCUT2D eigenvalue weighted by Crippen LogP contribution is 2.32. The third-order valence-electron chi connectivity index (χ3n) is 4.43. The van der Waals surface area contributed by atoms with E-state index < -0.39 is 6.61 Å². The van der Waals surface area contributed by atoms with Gasteiger partial charge in [0.25, 0.3) is 0 Å². The molecule has 0 fully saturated rings. The van der Waals surface area contributed by atoms with E-state index in [1.54, 1.807) is 36.9 Å². The number of alkyl halides is 2. The maximum absolute atomic E-state index is 12.9. The summed E-state index contributed by atoms with van der Waals surface area (Å²) in [6, 6.07) is 5.13. The molecule has 1 aromatic heterocycles. The molecule has 8 nitrogen and oxygen atoms in total. The van der Waals surface area contributed by atoms with Crippen molar-refractivity contribution in [2.75, 3.05) is 34.3 Å². The van der Waals surface area contributed by atoms with Crippen LogP contribution in [-0.2, 0) is 13.6 Å². The molecule has 1 atom stereocenters. The smallest absolute Gasteiger partial charge is 0.387 e. The summed E-state index contributed by atoms with van der Waals surface area (Å²) in [5.41, 5.74) is 1.61. The van der Waals surface area contributed by atoms with Gasteiger partial charge in [-0.3, -0.25) is 9.67 Å². The number of ether oxygens (including phenoxy) is 2. The monoisotopic (exact) mass is 424 g/mol. The summed E-state index contributed by atoms with van der Waals surface area (Å²) in [6.45, 7) is 0.00899. The molecule has 10 heteroatoms. The number of rotatable bonds is 10. The molecule has 0 amide bonds. The molecule has 166 valence electrons. The summed E-state index contributed by atoms with van der Waals surface area (Å²) in [6.07, 6.45) is 3.80. The summed E-state index contributed by atoms with van der Waals surface area (Å²) in [5, 5.41) is 10.6. The number of nitrogens with one attached hydrogen (secondary N) is 2. The van der Waals surface area contributed by atoms with Gasteiger partial charge in [0.1, 0.15) is 0 Å². The summed E-state index contributed by atoms with van der Waals surface area (Å²) in [7, 11) is 7.50. The number of guanidine groups is 1. The van der Waals surface area contributed by atoms with E-state index in [0.29, 0.717) is 24.7 Å². The standard InChI is InChI=1S/C20H30F2N6O2/c1-6-29-17-9-7-8-14(18(17)30-19(21)22)10-24-20(23-2)25-12-16(27(3)4)15-11-26-28(5)13-15/h7-9,11,13,16,19H,6,10,12H2,1-5H3,(H2,23,24,25). The minimum atomic E-state index is -2.94. The van der Waals surface area contributed by atoms with Gasteiger partial charge in [-0.05, 0) is 27.1 Å². The minimum Gasteiger partial charge on any atom is -0.490 e. The quantitative estimate of drug-likeness (QED) is 0.451. The van der Waals surface area contributed by atoms with Gasteiger partial charge in [-0.2, -0.15) is 13.9 Å². The second-order valence-corrected chi connectivity index (χ2v) is 6.79. The highest BCUT2D eigenvalue weighted by atomic mass is 19.3. The van der Waals surface area contributed by atoms with Gasteiger partial charge >= 0.3 is 6.61 Å². The molecule has 0 saturated carbocycles. The van der Waals surface area contributed by atoms with E-state index in [-0.39, 0.29) is 24.1 Å². The Morgan fingerprint density at radius 1 is 1.30 bits per heavy atom. The minimum absolute atomic E-state index is 0.0267. The molecule has 1 unspecified atom stereocenters. The number of para-hydroxylation sites is 1. The first-order valence-corrected chi connectivity index (χ1v) is 9.64. The van der Waals surface area contributed by atoms with E-state index in [2.05, 4.69) is 25.6 Å². The average Bonchev–Trinajstić information content (AvgIpc) is 3.12. The van der Waals surface area contributed by atoms with E-state index >= 15 is 0 Å². The molecular formula is C20H30F2N6O2. The number of nitrogens with zero attached hydrogens (tertiary/aromatic N) is 4. The van der Waals surface area contributed by atoms with Crippen LogP contribution in [0.5, 0.6) is 11.5 Å². The Morgan fingerprint density at radius 2 is 2.07 bits per heavy atom. The third-order valence-corrected chi connectivity index (χ3v) is 4.43. The van der Waals surface area contributed by atoms with Crippen LogP contribution in [0.15, 0.2) is 35.6 Å². The molecule has 1 heterocycles. The molecule has 0 aliphatic carbocycles. The lowest BCUT2D eigenvalue weighted by atomic mass is 10.1. The van der Waals surface area contributed by atoms with E-state index in [0.717, 1.165) is 5.56 Å². The maximum atomic E-state index is 12.9. The Bertz CT molecular complexity index is 825. The third kappa shape index (κ3) is 6.58. The van der Waals surface area contributed by atoms with Crippen molar-refractivity contribution >= 4 is 5.96 Å². The van der Waals surface area contributed by atoms with Crippen molar-refractivity contribution in [3.63, 3.8) is 0 Å². The van der Waals surface area contributed by atoms with Gasteiger partial charge in [-0.25, -0.2) is 0 Å². The van der Waals surface area contributed by atoms with Gasteiger partial charge in [0, 0.05) is 44.5 Å². The van der Waals surface area contributed by atoms with Crippen molar-refractivity contribution in [3.05, 3.63) is 41.7 Å². The zero-order valence-corrected chi connectivity index (χ0v) is 18.0. The van der Waals surface area contributed by atoms with Crippen molar-refractivity contribution in [2.24, 2.45) is 12.0 Å². The van der Waals surface area contributed by atoms with Gasteiger partial charge in [0.15, 0.2) is 17.5 Å². The highest BCUT2D eigenvalue weighted by Gasteiger charge is 2.18. The van der Waals surface area contributed by atoms with Crippen molar-refractivity contribution in [3.8, 4) is 11.5 Å². The van der Waals surface area contributed by atoms with Crippen LogP contribution >= 0.6 is 0 Å². The molecule has 0 spiro atoms. The molecule has 1 aromatic carbocycles. The molecule has 0 bridgehead atoms. The number of aliphatic imine (C=N–C) groups is 1. The van der Waals surface area contributed by atoms with Gasteiger partial charge in [0.05, 0.1) is 18.8 Å². The molecule has 30 heavy (non-hydrogen) atoms. The molecule has 2 rings (SSSR count). The highest BCUT2D eigenvalue weighted by molar-refractivity contribution is 5.79. The Labute approximate surface area is 175 Å². The van der Waals surface area contributed by atoms with Crippen LogP contribution in [0.1, 0.15) is 24.1 Å². The zero-order chi connectivity index (χ0) is 22.1. The van der Waals surface area contributed by atoms with E-state index in [9.17, 15) is 8.78 Å². The predicted molar refractivity (Wildman–Crippen MR) is 112 cm³/mol. The van der Waals surface area contributed by atoms with Crippen LogP contribution in [-0.4, -0.2) is 61.5 Å². The molecule has 0 radical (unpaired) electrons. The molecular weight excluding hydrogens is 394 g/mol. The SMILES string of the molecule is CCOc1cccc(CNC(=NC)NCC(c2cnn(C)c2)N(C)C)c1OC(F)F. The molecule has 0 saturated heterocycles. The Kier molecular flexibility index (Phi) is 8.85. The lowest BCUT2D eigenvalue weighted by Crippen LogP contribution is -2.41. The lowest BCUT2D eigenvalue weighted by molar-refractivity contribution is -0.0520. The first kappa shape index (κ1) is 23.4. The predicted octanol–water partition coefficient (Wildman–Crippen LogP) is 2.39. The van der Waals surface area contributed by atoms with E-state index in [1.807, 2.05) is 33.5 Å². The van der Waals surface area contributed by atoms with Crippen LogP contribution in [0.25, 0.3) is 0 Å². The van der Waals surface area contributed by atoms with Crippen LogP contribution in [0.2, 0.25) is 0 Å². The van der Waals surface area contributed by atoms with Crippen LogP contribution in [0, 0.1) is 0 Å². The van der Waals surface area contributed by atoms with Gasteiger partial charge in [0.2, 0.25) is 0 Å². The second-order valence-electron chi connectivity index (χ2n) is 6.79. The Morgan fingerprint density at radius 3 is 2.63 bits per heavy atom. The van der Waals surface area contributed by atoms with Crippen molar-refractivity contribution < 1.29 is 18.3 Å². The normalized spacial score (nSPS) is 12.9. The van der Waals surface area contributed by atoms with Gasteiger partial charge in [-0.1, -0.05) is 12.1 Å². The van der Waals surface area contributed by atoms with E-state index in [1.165, 1.54) is 0 Å². The Hall–Kier alpha value is -2.88.